The van der Waals surface area contributed by atoms with Crippen LogP contribution in [-0.4, -0.2) is 17.4 Å². The molecule has 8 heteroatoms. The molecule has 0 saturated carbocycles. The number of alkyl halides is 2. The SMILES string of the molecule is O=C(Nc1cccc(OC(F)F)c1)c1ccc([N+](=O)[O-])cc1. The van der Waals surface area contributed by atoms with Crippen LogP contribution >= 0.6 is 0 Å². The van der Waals surface area contributed by atoms with Crippen LogP contribution in [0.2, 0.25) is 0 Å². The third-order valence-corrected chi connectivity index (χ3v) is 2.66. The van der Waals surface area contributed by atoms with Gasteiger partial charge in [-0.1, -0.05) is 6.07 Å². The lowest BCUT2D eigenvalue weighted by Gasteiger charge is -2.08. The fourth-order valence-corrected chi connectivity index (χ4v) is 1.69. The van der Waals surface area contributed by atoms with Crippen molar-refractivity contribution in [2.24, 2.45) is 0 Å². The summed E-state index contributed by atoms with van der Waals surface area (Å²) in [5.41, 5.74) is 0.330. The van der Waals surface area contributed by atoms with Crippen molar-refractivity contribution in [2.75, 3.05) is 5.32 Å². The molecule has 0 saturated heterocycles. The predicted octanol–water partition coefficient (Wildman–Crippen LogP) is 3.45. The molecule has 2 aromatic rings. The lowest BCUT2D eigenvalue weighted by molar-refractivity contribution is -0.384. The number of anilines is 1. The van der Waals surface area contributed by atoms with Gasteiger partial charge in [0.1, 0.15) is 5.75 Å². The molecule has 0 aliphatic heterocycles. The van der Waals surface area contributed by atoms with E-state index in [9.17, 15) is 23.7 Å². The number of nitro benzene ring substituents is 1. The highest BCUT2D eigenvalue weighted by Crippen LogP contribution is 2.20. The first kappa shape index (κ1) is 15.4. The quantitative estimate of drug-likeness (QED) is 0.677. The van der Waals surface area contributed by atoms with E-state index in [1.807, 2.05) is 0 Å². The number of nitrogens with zero attached hydrogens (tertiary/aromatic N) is 1. The molecule has 0 aliphatic carbocycles. The van der Waals surface area contributed by atoms with Crippen molar-refractivity contribution < 1.29 is 23.2 Å². The molecule has 0 spiro atoms. The summed E-state index contributed by atoms with van der Waals surface area (Å²) in [7, 11) is 0. The largest absolute Gasteiger partial charge is 0.435 e. The smallest absolute Gasteiger partial charge is 0.387 e. The third kappa shape index (κ3) is 3.98. The predicted molar refractivity (Wildman–Crippen MR) is 74.1 cm³/mol. The summed E-state index contributed by atoms with van der Waals surface area (Å²) < 4.78 is 28.5. The van der Waals surface area contributed by atoms with Crippen molar-refractivity contribution in [3.63, 3.8) is 0 Å². The van der Waals surface area contributed by atoms with Crippen LogP contribution in [-0.2, 0) is 0 Å². The molecule has 0 radical (unpaired) electrons. The fraction of sp³-hybridized carbons (Fsp3) is 0.0714. The number of nitrogens with one attached hydrogen (secondary N) is 1. The van der Waals surface area contributed by atoms with Gasteiger partial charge in [0.25, 0.3) is 11.6 Å². The zero-order chi connectivity index (χ0) is 16.1. The number of ether oxygens (including phenoxy) is 1. The maximum atomic E-state index is 12.1. The van der Waals surface area contributed by atoms with E-state index in [2.05, 4.69) is 10.1 Å². The fourth-order valence-electron chi connectivity index (χ4n) is 1.69. The number of carbonyl (C=O) groups excluding carboxylic acids is 1. The van der Waals surface area contributed by atoms with Crippen LogP contribution < -0.4 is 10.1 Å². The van der Waals surface area contributed by atoms with Gasteiger partial charge in [-0.15, -0.1) is 0 Å². The number of carbonyl (C=O) groups is 1. The minimum atomic E-state index is -2.96. The number of rotatable bonds is 5. The summed E-state index contributed by atoms with van der Waals surface area (Å²) in [6.45, 7) is -2.96. The van der Waals surface area contributed by atoms with Gasteiger partial charge in [-0.05, 0) is 24.3 Å². The first-order valence-corrected chi connectivity index (χ1v) is 6.06. The van der Waals surface area contributed by atoms with Gasteiger partial charge in [-0.2, -0.15) is 8.78 Å². The lowest BCUT2D eigenvalue weighted by Crippen LogP contribution is -2.12. The third-order valence-electron chi connectivity index (χ3n) is 2.66. The molecular formula is C14H10F2N2O4. The molecule has 0 bridgehead atoms. The Labute approximate surface area is 123 Å². The summed E-state index contributed by atoms with van der Waals surface area (Å²) in [5, 5.41) is 13.0. The van der Waals surface area contributed by atoms with E-state index in [-0.39, 0.29) is 22.7 Å². The van der Waals surface area contributed by atoms with Gasteiger partial charge in [-0.3, -0.25) is 14.9 Å². The van der Waals surface area contributed by atoms with E-state index in [0.29, 0.717) is 0 Å². The average molecular weight is 308 g/mol. The molecule has 0 fully saturated rings. The van der Waals surface area contributed by atoms with Crippen LogP contribution in [0.5, 0.6) is 5.75 Å². The molecule has 0 heterocycles. The normalized spacial score (nSPS) is 10.3. The Balaban J connectivity index is 2.09. The molecule has 0 unspecified atom stereocenters. The molecule has 0 aliphatic rings. The van der Waals surface area contributed by atoms with Gasteiger partial charge in [0.05, 0.1) is 4.92 Å². The Kier molecular flexibility index (Phi) is 4.62. The Morgan fingerprint density at radius 2 is 1.86 bits per heavy atom. The Morgan fingerprint density at radius 1 is 1.18 bits per heavy atom. The van der Waals surface area contributed by atoms with Gasteiger partial charge in [0.15, 0.2) is 0 Å². The lowest BCUT2D eigenvalue weighted by atomic mass is 10.2. The Bertz CT molecular complexity index is 689. The molecule has 114 valence electrons. The summed E-state index contributed by atoms with van der Waals surface area (Å²) in [6.07, 6.45) is 0. The topological polar surface area (TPSA) is 81.5 Å². The van der Waals surface area contributed by atoms with E-state index in [1.165, 1.54) is 48.5 Å². The van der Waals surface area contributed by atoms with Crippen LogP contribution in [0.1, 0.15) is 10.4 Å². The van der Waals surface area contributed by atoms with Crippen molar-refractivity contribution in [3.05, 3.63) is 64.2 Å². The minimum absolute atomic E-state index is 0.0866. The highest BCUT2D eigenvalue weighted by molar-refractivity contribution is 6.04. The summed E-state index contributed by atoms with van der Waals surface area (Å²) >= 11 is 0. The van der Waals surface area contributed by atoms with Crippen LogP contribution in [0.4, 0.5) is 20.2 Å². The average Bonchev–Trinajstić information content (AvgIpc) is 2.47. The first-order chi connectivity index (χ1) is 10.5. The van der Waals surface area contributed by atoms with Crippen molar-refractivity contribution in [1.82, 2.24) is 0 Å². The van der Waals surface area contributed by atoms with E-state index in [1.54, 1.807) is 0 Å². The molecule has 6 nitrogen and oxygen atoms in total. The van der Waals surface area contributed by atoms with Crippen molar-refractivity contribution in [3.8, 4) is 5.75 Å². The Morgan fingerprint density at radius 3 is 2.45 bits per heavy atom. The molecular weight excluding hydrogens is 298 g/mol. The van der Waals surface area contributed by atoms with Crippen LogP contribution in [0, 0.1) is 10.1 Å². The van der Waals surface area contributed by atoms with Gasteiger partial charge in [-0.25, -0.2) is 0 Å². The van der Waals surface area contributed by atoms with Crippen molar-refractivity contribution in [2.45, 2.75) is 6.61 Å². The number of halogens is 2. The molecule has 1 amide bonds. The summed E-state index contributed by atoms with van der Waals surface area (Å²) in [5.74, 6) is -0.611. The molecule has 2 aromatic carbocycles. The van der Waals surface area contributed by atoms with Crippen molar-refractivity contribution in [1.29, 1.82) is 0 Å². The standard InChI is InChI=1S/C14H10F2N2O4/c15-14(16)22-12-3-1-2-10(8-12)17-13(19)9-4-6-11(7-5-9)18(20)21/h1-8,14H,(H,17,19). The zero-order valence-corrected chi connectivity index (χ0v) is 11.0. The van der Waals surface area contributed by atoms with Gasteiger partial charge in [0, 0.05) is 29.4 Å². The number of amides is 1. The van der Waals surface area contributed by atoms with E-state index < -0.39 is 17.4 Å². The molecule has 22 heavy (non-hydrogen) atoms. The zero-order valence-electron chi connectivity index (χ0n) is 11.0. The second kappa shape index (κ2) is 6.61. The van der Waals surface area contributed by atoms with Crippen LogP contribution in [0.3, 0.4) is 0 Å². The molecule has 1 N–H and O–H groups in total. The van der Waals surface area contributed by atoms with E-state index >= 15 is 0 Å². The number of hydrogen-bond acceptors (Lipinski definition) is 4. The summed E-state index contributed by atoms with van der Waals surface area (Å²) in [6, 6.07) is 10.5. The van der Waals surface area contributed by atoms with E-state index in [0.717, 1.165) is 0 Å². The minimum Gasteiger partial charge on any atom is -0.435 e. The second-order valence-corrected chi connectivity index (χ2v) is 4.16. The first-order valence-electron chi connectivity index (χ1n) is 6.06. The van der Waals surface area contributed by atoms with Gasteiger partial charge >= 0.3 is 6.61 Å². The number of non-ortho nitro benzene ring substituents is 1. The Hall–Kier alpha value is -3.03. The highest BCUT2D eigenvalue weighted by atomic mass is 19.3. The van der Waals surface area contributed by atoms with Crippen LogP contribution in [0.25, 0.3) is 0 Å². The van der Waals surface area contributed by atoms with Gasteiger partial charge in [0.2, 0.25) is 0 Å². The maximum absolute atomic E-state index is 12.1. The van der Waals surface area contributed by atoms with Crippen molar-refractivity contribution >= 4 is 17.3 Å². The van der Waals surface area contributed by atoms with Crippen LogP contribution in [0.15, 0.2) is 48.5 Å². The molecule has 2 rings (SSSR count). The number of nitro groups is 1. The highest BCUT2D eigenvalue weighted by Gasteiger charge is 2.10. The van der Waals surface area contributed by atoms with Gasteiger partial charge < -0.3 is 10.1 Å². The molecule has 0 atom stereocenters. The van der Waals surface area contributed by atoms with E-state index in [4.69, 9.17) is 0 Å². The summed E-state index contributed by atoms with van der Waals surface area (Å²) in [4.78, 5) is 21.9. The number of benzene rings is 2. The second-order valence-electron chi connectivity index (χ2n) is 4.16. The number of hydrogen-bond donors (Lipinski definition) is 1. The maximum Gasteiger partial charge on any atom is 0.387 e. The monoisotopic (exact) mass is 308 g/mol. The molecule has 0 aromatic heterocycles.